The molecule has 0 unspecified atom stereocenters. The van der Waals surface area contributed by atoms with E-state index in [1.54, 1.807) is 0 Å². The summed E-state index contributed by atoms with van der Waals surface area (Å²) in [7, 11) is 0. The van der Waals surface area contributed by atoms with Crippen LogP contribution in [0.15, 0.2) is 66.7 Å². The van der Waals surface area contributed by atoms with Crippen molar-refractivity contribution in [3.63, 3.8) is 0 Å². The number of hydrogen-bond acceptors (Lipinski definition) is 0. The quantitative estimate of drug-likeness (QED) is 0.532. The first kappa shape index (κ1) is 18.1. The largest absolute Gasteiger partial charge is 0.0843 e. The van der Waals surface area contributed by atoms with E-state index < -0.39 is 0 Å². The van der Waals surface area contributed by atoms with Gasteiger partial charge in [0.25, 0.3) is 0 Å². The molecule has 2 aromatic carbocycles. The Morgan fingerprint density at radius 2 is 0.765 bits per heavy atom. The highest BCUT2D eigenvalue weighted by molar-refractivity contribution is 6.30. The topological polar surface area (TPSA) is 0 Å². The maximum Gasteiger partial charge on any atom is 0.0405 e. The summed E-state index contributed by atoms with van der Waals surface area (Å²) in [5, 5.41) is 0.794. The molecule has 94 valence electrons. The molecule has 0 atom stereocenters. The Bertz CT molecular complexity index is 276. The van der Waals surface area contributed by atoms with Crippen LogP contribution in [0.5, 0.6) is 0 Å². The van der Waals surface area contributed by atoms with Gasteiger partial charge in [-0.25, -0.2) is 0 Å². The van der Waals surface area contributed by atoms with Crippen molar-refractivity contribution in [2.45, 2.75) is 27.7 Å². The average Bonchev–Trinajstić information content (AvgIpc) is 2.47. The molecule has 0 aliphatic carbocycles. The monoisotopic (exact) mass is 250 g/mol. The zero-order valence-electron chi connectivity index (χ0n) is 11.2. The van der Waals surface area contributed by atoms with Crippen LogP contribution >= 0.6 is 11.6 Å². The van der Waals surface area contributed by atoms with Gasteiger partial charge in [-0.3, -0.25) is 0 Å². The molecule has 0 saturated carbocycles. The van der Waals surface area contributed by atoms with Crippen LogP contribution in [0.2, 0.25) is 5.02 Å². The minimum Gasteiger partial charge on any atom is -0.0843 e. The molecular weight excluding hydrogens is 228 g/mol. The summed E-state index contributed by atoms with van der Waals surface area (Å²) in [5.74, 6) is 0. The standard InChI is InChI=1S/C6H5Cl.C6H6.2C2H6/c7-6-4-2-1-3-5-6;1-2-4-6-5-3-1;2*1-2/h1-5H;1-6H;2*1-2H3. The second-order valence-electron chi connectivity index (χ2n) is 2.45. The van der Waals surface area contributed by atoms with Crippen LogP contribution in [0.4, 0.5) is 0 Å². The molecule has 0 amide bonds. The zero-order chi connectivity index (χ0) is 13.4. The van der Waals surface area contributed by atoms with Crippen LogP contribution in [0.25, 0.3) is 0 Å². The predicted octanol–water partition coefficient (Wildman–Crippen LogP) is 6.08. The van der Waals surface area contributed by atoms with Gasteiger partial charge in [0.2, 0.25) is 0 Å². The van der Waals surface area contributed by atoms with E-state index >= 15 is 0 Å². The molecule has 2 rings (SSSR count). The molecule has 0 aliphatic heterocycles. The third-order valence-corrected chi connectivity index (χ3v) is 1.65. The molecule has 0 bridgehead atoms. The summed E-state index contributed by atoms with van der Waals surface area (Å²) < 4.78 is 0. The number of rotatable bonds is 0. The lowest BCUT2D eigenvalue weighted by Gasteiger charge is -1.80. The molecule has 0 radical (unpaired) electrons. The van der Waals surface area contributed by atoms with Crippen LogP contribution in [0, 0.1) is 0 Å². The van der Waals surface area contributed by atoms with Crippen molar-refractivity contribution in [2.24, 2.45) is 0 Å². The first-order chi connectivity index (χ1) is 8.39. The van der Waals surface area contributed by atoms with E-state index in [0.717, 1.165) is 5.02 Å². The van der Waals surface area contributed by atoms with E-state index in [2.05, 4.69) is 0 Å². The number of halogens is 1. The lowest BCUT2D eigenvalue weighted by atomic mass is 10.4. The van der Waals surface area contributed by atoms with Gasteiger partial charge in [0.1, 0.15) is 0 Å². The molecule has 0 nitrogen and oxygen atoms in total. The summed E-state index contributed by atoms with van der Waals surface area (Å²) in [6.07, 6.45) is 0. The highest BCUT2D eigenvalue weighted by Gasteiger charge is 1.74. The third kappa shape index (κ3) is 14.7. The van der Waals surface area contributed by atoms with Crippen molar-refractivity contribution in [3.8, 4) is 0 Å². The summed E-state index contributed by atoms with van der Waals surface area (Å²) in [4.78, 5) is 0. The van der Waals surface area contributed by atoms with Gasteiger partial charge in [-0.1, -0.05) is 93.9 Å². The van der Waals surface area contributed by atoms with Crippen molar-refractivity contribution < 1.29 is 0 Å². The molecule has 0 aliphatic rings. The first-order valence-electron chi connectivity index (χ1n) is 6.10. The third-order valence-electron chi connectivity index (χ3n) is 1.40. The highest BCUT2D eigenvalue weighted by atomic mass is 35.5. The molecule has 0 spiro atoms. The highest BCUT2D eigenvalue weighted by Crippen LogP contribution is 2.03. The summed E-state index contributed by atoms with van der Waals surface area (Å²) in [5.41, 5.74) is 0. The van der Waals surface area contributed by atoms with E-state index in [1.165, 1.54) is 0 Å². The van der Waals surface area contributed by atoms with Gasteiger partial charge >= 0.3 is 0 Å². The van der Waals surface area contributed by atoms with Crippen LogP contribution in [0.1, 0.15) is 27.7 Å². The van der Waals surface area contributed by atoms with Crippen LogP contribution < -0.4 is 0 Å². The molecular formula is C16H23Cl. The van der Waals surface area contributed by atoms with Crippen molar-refractivity contribution in [2.75, 3.05) is 0 Å². The van der Waals surface area contributed by atoms with E-state index in [-0.39, 0.29) is 0 Å². The Hall–Kier alpha value is -1.27. The Kier molecular flexibility index (Phi) is 18.2. The molecule has 17 heavy (non-hydrogen) atoms. The zero-order valence-corrected chi connectivity index (χ0v) is 12.0. The molecule has 0 saturated heterocycles. The molecule has 0 N–H and O–H groups in total. The van der Waals surface area contributed by atoms with Gasteiger partial charge in [0, 0.05) is 5.02 Å². The summed E-state index contributed by atoms with van der Waals surface area (Å²) in [6, 6.07) is 21.4. The van der Waals surface area contributed by atoms with Gasteiger partial charge in [-0.15, -0.1) is 0 Å². The van der Waals surface area contributed by atoms with Gasteiger partial charge in [-0.2, -0.15) is 0 Å². The summed E-state index contributed by atoms with van der Waals surface area (Å²) in [6.45, 7) is 8.00. The fraction of sp³-hybridized carbons (Fsp3) is 0.250. The smallest absolute Gasteiger partial charge is 0.0405 e. The van der Waals surface area contributed by atoms with Gasteiger partial charge in [0.05, 0.1) is 0 Å². The van der Waals surface area contributed by atoms with Crippen LogP contribution in [-0.2, 0) is 0 Å². The molecule has 0 aromatic heterocycles. The molecule has 2 aromatic rings. The number of benzene rings is 2. The van der Waals surface area contributed by atoms with E-state index in [9.17, 15) is 0 Å². The number of hydrogen-bond donors (Lipinski definition) is 0. The second kappa shape index (κ2) is 17.1. The van der Waals surface area contributed by atoms with Crippen molar-refractivity contribution in [1.82, 2.24) is 0 Å². The summed E-state index contributed by atoms with van der Waals surface area (Å²) >= 11 is 5.54. The van der Waals surface area contributed by atoms with E-state index in [4.69, 9.17) is 11.6 Å². The Morgan fingerprint density at radius 3 is 0.941 bits per heavy atom. The predicted molar refractivity (Wildman–Crippen MR) is 80.6 cm³/mol. The molecule has 0 heterocycles. The van der Waals surface area contributed by atoms with E-state index in [0.29, 0.717) is 0 Å². The second-order valence-corrected chi connectivity index (χ2v) is 2.89. The minimum absolute atomic E-state index is 0.794. The SMILES string of the molecule is CC.CC.Clc1ccccc1.c1ccccc1. The fourth-order valence-electron chi connectivity index (χ4n) is 0.800. The van der Waals surface area contributed by atoms with Crippen molar-refractivity contribution in [3.05, 3.63) is 71.8 Å². The van der Waals surface area contributed by atoms with Crippen LogP contribution in [0.3, 0.4) is 0 Å². The first-order valence-corrected chi connectivity index (χ1v) is 6.48. The van der Waals surface area contributed by atoms with E-state index in [1.807, 2.05) is 94.4 Å². The van der Waals surface area contributed by atoms with Gasteiger partial charge in [-0.05, 0) is 12.1 Å². The Morgan fingerprint density at radius 1 is 0.529 bits per heavy atom. The minimum atomic E-state index is 0.794. The van der Waals surface area contributed by atoms with Crippen LogP contribution in [-0.4, -0.2) is 0 Å². The maximum atomic E-state index is 5.54. The molecule has 1 heteroatoms. The average molecular weight is 251 g/mol. The van der Waals surface area contributed by atoms with Gasteiger partial charge in [0.15, 0.2) is 0 Å². The fourth-order valence-corrected chi connectivity index (χ4v) is 0.945. The maximum absolute atomic E-state index is 5.54. The lowest BCUT2D eigenvalue weighted by Crippen LogP contribution is -1.55. The Labute approximate surface area is 111 Å². The molecule has 0 fully saturated rings. The Balaban J connectivity index is 0. The normalized spacial score (nSPS) is 7.12. The van der Waals surface area contributed by atoms with Crippen molar-refractivity contribution >= 4 is 11.6 Å². The van der Waals surface area contributed by atoms with Gasteiger partial charge < -0.3 is 0 Å². The lowest BCUT2D eigenvalue weighted by molar-refractivity contribution is 1.50. The van der Waals surface area contributed by atoms with Crippen molar-refractivity contribution in [1.29, 1.82) is 0 Å².